The molecule has 1 aliphatic rings. The van der Waals surface area contributed by atoms with E-state index in [0.717, 1.165) is 11.9 Å². The Morgan fingerprint density at radius 3 is 3.00 bits per heavy atom. The van der Waals surface area contributed by atoms with E-state index in [4.69, 9.17) is 0 Å². The highest BCUT2D eigenvalue weighted by atomic mass is 16.2. The molecule has 2 aromatic rings. The fraction of sp³-hybridized carbons (Fsp3) is 0.250. The molecule has 0 bridgehead atoms. The van der Waals surface area contributed by atoms with E-state index in [-0.39, 0.29) is 5.91 Å². The average molecular weight is 185 g/mol. The van der Waals surface area contributed by atoms with Crippen molar-refractivity contribution in [3.63, 3.8) is 0 Å². The van der Waals surface area contributed by atoms with Crippen molar-refractivity contribution in [3.8, 4) is 0 Å². The van der Waals surface area contributed by atoms with Gasteiger partial charge in [-0.25, -0.2) is 0 Å². The van der Waals surface area contributed by atoms with Gasteiger partial charge in [-0.1, -0.05) is 18.2 Å². The number of aryl methyl sites for hydroxylation is 2. The van der Waals surface area contributed by atoms with E-state index in [2.05, 4.69) is 25.1 Å². The van der Waals surface area contributed by atoms with Gasteiger partial charge in [0.2, 0.25) is 5.91 Å². The molecule has 0 saturated carbocycles. The number of carbonyl (C=O) groups excluding carboxylic acids is 1. The van der Waals surface area contributed by atoms with E-state index in [1.807, 2.05) is 10.6 Å². The van der Waals surface area contributed by atoms with Crippen LogP contribution in [0, 0.1) is 6.92 Å². The zero-order valence-corrected chi connectivity index (χ0v) is 8.08. The lowest BCUT2D eigenvalue weighted by molar-refractivity contribution is 0.0928. The van der Waals surface area contributed by atoms with Gasteiger partial charge in [-0.15, -0.1) is 0 Å². The molecule has 14 heavy (non-hydrogen) atoms. The van der Waals surface area contributed by atoms with Gasteiger partial charge < -0.3 is 0 Å². The molecule has 1 aliphatic heterocycles. The van der Waals surface area contributed by atoms with Gasteiger partial charge in [0.15, 0.2) is 0 Å². The number of rotatable bonds is 0. The molecule has 2 heteroatoms. The Labute approximate surface area is 82.1 Å². The van der Waals surface area contributed by atoms with E-state index < -0.39 is 0 Å². The standard InChI is InChI=1S/C12H11NO/c1-8-3-2-4-9-7-10-5-6-11(14)13(10)12(8)9/h2-4,7H,5-6H2,1H3. The Kier molecular flexibility index (Phi) is 1.38. The molecular formula is C12H11NO. The minimum atomic E-state index is 0.240. The van der Waals surface area contributed by atoms with Crippen LogP contribution in [0.3, 0.4) is 0 Å². The second-order valence-electron chi connectivity index (χ2n) is 3.88. The van der Waals surface area contributed by atoms with E-state index in [0.29, 0.717) is 6.42 Å². The molecule has 0 atom stereocenters. The number of benzene rings is 1. The van der Waals surface area contributed by atoms with Crippen molar-refractivity contribution in [1.82, 2.24) is 4.57 Å². The molecule has 2 heterocycles. The van der Waals surface area contributed by atoms with Crippen molar-refractivity contribution in [2.75, 3.05) is 0 Å². The largest absolute Gasteiger partial charge is 0.284 e. The zero-order valence-electron chi connectivity index (χ0n) is 8.08. The van der Waals surface area contributed by atoms with Crippen LogP contribution in [0.5, 0.6) is 0 Å². The van der Waals surface area contributed by atoms with Gasteiger partial charge in [-0.05, 0) is 25.0 Å². The smallest absolute Gasteiger partial charge is 0.231 e. The van der Waals surface area contributed by atoms with E-state index in [1.54, 1.807) is 0 Å². The minimum Gasteiger partial charge on any atom is -0.284 e. The number of fused-ring (bicyclic) bond motifs is 3. The molecule has 70 valence electrons. The normalized spacial score (nSPS) is 15.1. The van der Waals surface area contributed by atoms with Crippen LogP contribution in [0.4, 0.5) is 0 Å². The first-order chi connectivity index (χ1) is 6.77. The molecule has 0 fully saturated rings. The van der Waals surface area contributed by atoms with E-state index >= 15 is 0 Å². The highest BCUT2D eigenvalue weighted by molar-refractivity contribution is 5.97. The average Bonchev–Trinajstić information content (AvgIpc) is 2.67. The molecular weight excluding hydrogens is 174 g/mol. The van der Waals surface area contributed by atoms with Crippen molar-refractivity contribution in [2.24, 2.45) is 0 Å². The summed E-state index contributed by atoms with van der Waals surface area (Å²) >= 11 is 0. The number of nitrogens with zero attached hydrogens (tertiary/aromatic N) is 1. The minimum absolute atomic E-state index is 0.240. The van der Waals surface area contributed by atoms with Gasteiger partial charge >= 0.3 is 0 Å². The lowest BCUT2D eigenvalue weighted by atomic mass is 10.1. The molecule has 0 aliphatic carbocycles. The number of hydrogen-bond acceptors (Lipinski definition) is 1. The highest BCUT2D eigenvalue weighted by Gasteiger charge is 2.22. The molecule has 3 rings (SSSR count). The lowest BCUT2D eigenvalue weighted by Gasteiger charge is -2.01. The SMILES string of the molecule is Cc1cccc2cc3n(c12)C(=O)CC3. The van der Waals surface area contributed by atoms with Crippen molar-refractivity contribution in [3.05, 3.63) is 35.5 Å². The molecule has 0 amide bonds. The van der Waals surface area contributed by atoms with Gasteiger partial charge in [0.05, 0.1) is 5.52 Å². The number of hydrogen-bond donors (Lipinski definition) is 0. The topological polar surface area (TPSA) is 22.0 Å². The Morgan fingerprint density at radius 1 is 1.29 bits per heavy atom. The Hall–Kier alpha value is -1.57. The second-order valence-corrected chi connectivity index (χ2v) is 3.88. The summed E-state index contributed by atoms with van der Waals surface area (Å²) in [4.78, 5) is 11.7. The summed E-state index contributed by atoms with van der Waals surface area (Å²) in [6.07, 6.45) is 1.56. The van der Waals surface area contributed by atoms with Crippen LogP contribution in [0.15, 0.2) is 24.3 Å². The molecule has 1 aromatic carbocycles. The number of para-hydroxylation sites is 1. The van der Waals surface area contributed by atoms with Crippen LogP contribution in [-0.4, -0.2) is 10.5 Å². The maximum absolute atomic E-state index is 11.7. The summed E-state index contributed by atoms with van der Waals surface area (Å²) in [5.74, 6) is 0.240. The van der Waals surface area contributed by atoms with Crippen LogP contribution in [-0.2, 0) is 6.42 Å². The first kappa shape index (κ1) is 7.80. The van der Waals surface area contributed by atoms with Crippen LogP contribution in [0.2, 0.25) is 0 Å². The molecule has 0 unspecified atom stereocenters. The maximum atomic E-state index is 11.7. The molecule has 0 N–H and O–H groups in total. The van der Waals surface area contributed by atoms with Crippen molar-refractivity contribution < 1.29 is 4.79 Å². The van der Waals surface area contributed by atoms with Crippen LogP contribution in [0.25, 0.3) is 10.9 Å². The zero-order chi connectivity index (χ0) is 9.71. The first-order valence-corrected chi connectivity index (χ1v) is 4.90. The van der Waals surface area contributed by atoms with Gasteiger partial charge in [0.25, 0.3) is 0 Å². The fourth-order valence-electron chi connectivity index (χ4n) is 2.31. The number of carbonyl (C=O) groups is 1. The van der Waals surface area contributed by atoms with Crippen LogP contribution < -0.4 is 0 Å². The Bertz CT molecular complexity index is 536. The third-order valence-corrected chi connectivity index (χ3v) is 2.95. The Balaban J connectivity index is 2.50. The van der Waals surface area contributed by atoms with E-state index in [9.17, 15) is 4.79 Å². The molecule has 1 aromatic heterocycles. The first-order valence-electron chi connectivity index (χ1n) is 4.90. The van der Waals surface area contributed by atoms with Crippen molar-refractivity contribution >= 4 is 16.8 Å². The summed E-state index contributed by atoms with van der Waals surface area (Å²) in [6, 6.07) is 8.30. The number of aromatic nitrogens is 1. The maximum Gasteiger partial charge on any atom is 0.231 e. The summed E-state index contributed by atoms with van der Waals surface area (Å²) < 4.78 is 1.88. The van der Waals surface area contributed by atoms with Gasteiger partial charge in [0, 0.05) is 17.5 Å². The molecule has 2 nitrogen and oxygen atoms in total. The summed E-state index contributed by atoms with van der Waals surface area (Å²) in [7, 11) is 0. The van der Waals surface area contributed by atoms with Crippen LogP contribution in [0.1, 0.15) is 22.5 Å². The predicted molar refractivity (Wildman–Crippen MR) is 55.6 cm³/mol. The fourth-order valence-corrected chi connectivity index (χ4v) is 2.31. The third kappa shape index (κ3) is 0.830. The summed E-state index contributed by atoms with van der Waals surface area (Å²) in [6.45, 7) is 2.06. The molecule has 0 spiro atoms. The predicted octanol–water partition coefficient (Wildman–Crippen LogP) is 2.54. The Morgan fingerprint density at radius 2 is 2.14 bits per heavy atom. The van der Waals surface area contributed by atoms with Crippen molar-refractivity contribution in [1.29, 1.82) is 0 Å². The second kappa shape index (κ2) is 2.47. The summed E-state index contributed by atoms with van der Waals surface area (Å²) in [5, 5.41) is 1.19. The summed E-state index contributed by atoms with van der Waals surface area (Å²) in [5.41, 5.74) is 3.45. The van der Waals surface area contributed by atoms with Crippen molar-refractivity contribution in [2.45, 2.75) is 19.8 Å². The monoisotopic (exact) mass is 185 g/mol. The lowest BCUT2D eigenvalue weighted by Crippen LogP contribution is -2.03. The quantitative estimate of drug-likeness (QED) is 0.618. The van der Waals surface area contributed by atoms with Crippen LogP contribution >= 0.6 is 0 Å². The highest BCUT2D eigenvalue weighted by Crippen LogP contribution is 2.27. The molecule has 0 saturated heterocycles. The van der Waals surface area contributed by atoms with Gasteiger partial charge in [-0.2, -0.15) is 0 Å². The van der Waals surface area contributed by atoms with E-state index in [1.165, 1.54) is 16.6 Å². The van der Waals surface area contributed by atoms with Gasteiger partial charge in [0.1, 0.15) is 0 Å². The van der Waals surface area contributed by atoms with Gasteiger partial charge in [-0.3, -0.25) is 9.36 Å². The third-order valence-electron chi connectivity index (χ3n) is 2.95. The molecule has 0 radical (unpaired) electrons.